The average Bonchev–Trinajstić information content (AvgIpc) is 3.17. The summed E-state index contributed by atoms with van der Waals surface area (Å²) in [6.45, 7) is 3.53. The van der Waals surface area contributed by atoms with Crippen LogP contribution < -0.4 is 53.6 Å². The number of urea groups is 2. The van der Waals surface area contributed by atoms with Crippen molar-refractivity contribution in [1.29, 1.82) is 0 Å². The maximum Gasteiger partial charge on any atom is 0.430 e. The van der Waals surface area contributed by atoms with E-state index in [-0.39, 0.29) is 23.9 Å². The number of aliphatic carboxylic acids is 2. The summed E-state index contributed by atoms with van der Waals surface area (Å²) in [4.78, 5) is 66.7. The number of halogens is 6. The molecule has 0 saturated carbocycles. The normalized spacial score (nSPS) is 10.6. The van der Waals surface area contributed by atoms with Crippen LogP contribution in [0.25, 0.3) is 0 Å². The summed E-state index contributed by atoms with van der Waals surface area (Å²) >= 11 is 0. The molecule has 0 atom stereocenters. The summed E-state index contributed by atoms with van der Waals surface area (Å²) in [5.41, 5.74) is 11.5. The van der Waals surface area contributed by atoms with Crippen LogP contribution >= 0.6 is 0 Å². The number of amides is 6. The molecule has 0 bridgehead atoms. The predicted molar refractivity (Wildman–Crippen MR) is 192 cm³/mol. The maximum absolute atomic E-state index is 12.6. The zero-order valence-electron chi connectivity index (χ0n) is 30.9. The van der Waals surface area contributed by atoms with Gasteiger partial charge in [-0.15, -0.1) is 0 Å². The number of carbonyl (C=O) groups excluding carboxylic acids is 6. The summed E-state index contributed by atoms with van der Waals surface area (Å²) in [6, 6.07) is 20.4. The van der Waals surface area contributed by atoms with Crippen molar-refractivity contribution >= 4 is 47.2 Å². The third-order valence-electron chi connectivity index (χ3n) is 7.13. The molecular weight excluding hydrogens is 786 g/mol. The molecule has 0 aliphatic rings. The molecule has 16 nitrogen and oxygen atoms in total. The zero-order valence-corrected chi connectivity index (χ0v) is 30.9. The van der Waals surface area contributed by atoms with E-state index in [1.165, 1.54) is 0 Å². The minimum absolute atomic E-state index is 0.257. The molecular formula is C36H44F6N8O8. The van der Waals surface area contributed by atoms with Crippen molar-refractivity contribution in [2.24, 2.45) is 0 Å². The molecule has 0 fully saturated rings. The number of carboxylic acids is 2. The lowest BCUT2D eigenvalue weighted by molar-refractivity contribution is -0.368. The molecule has 3 aromatic carbocycles. The number of rotatable bonds is 16. The Balaban J connectivity index is 0.00000102. The number of carbonyl (C=O) groups is 6. The summed E-state index contributed by atoms with van der Waals surface area (Å²) in [7, 11) is 0. The molecule has 6 amide bonds. The number of hydrogen-bond donors (Lipinski definition) is 8. The molecule has 0 saturated heterocycles. The van der Waals surface area contributed by atoms with Gasteiger partial charge in [-0.1, -0.05) is 24.3 Å². The van der Waals surface area contributed by atoms with Crippen LogP contribution in [0.15, 0.2) is 72.8 Å². The molecule has 3 aromatic rings. The molecule has 0 spiro atoms. The third-order valence-corrected chi connectivity index (χ3v) is 7.13. The Hall–Kier alpha value is -6.42. The Bertz CT molecular complexity index is 1630. The lowest BCUT2D eigenvalue weighted by Gasteiger charge is -2.10. The first-order valence-corrected chi connectivity index (χ1v) is 17.4. The standard InChI is InChI=1S/C32H42N8O4.2C2HF3O2/c33-17-1-3-19-35-31(43)39-27-13-5-23(6-14-27)21-37-29(41)25-9-11-26(12-10-25)30(42)38-22-24-7-15-28(16-8-24)40-32(44)36-20-4-2-18-34;2*3-2(4,5)1(6)7/h5-16H,1-4,17-22,33-34H2,(H,37,41)(H,38,42)(H2,35,39,43)(H2,36,40,44);2*(H,6,7). The molecule has 58 heavy (non-hydrogen) atoms. The highest BCUT2D eigenvalue weighted by atomic mass is 19.4. The zero-order chi connectivity index (χ0) is 43.7. The molecule has 0 radical (unpaired) electrons. The van der Waals surface area contributed by atoms with Gasteiger partial charge in [-0.2, -0.15) is 26.3 Å². The van der Waals surface area contributed by atoms with Crippen molar-refractivity contribution in [2.75, 3.05) is 36.8 Å². The van der Waals surface area contributed by atoms with Crippen molar-refractivity contribution in [3.63, 3.8) is 0 Å². The second-order valence-corrected chi connectivity index (χ2v) is 11.8. The molecule has 22 heteroatoms. The van der Waals surface area contributed by atoms with Crippen LogP contribution in [0, 0.1) is 0 Å². The van der Waals surface area contributed by atoms with E-state index in [1.54, 1.807) is 48.5 Å². The molecule has 12 N–H and O–H groups in total. The highest BCUT2D eigenvalue weighted by molar-refractivity contribution is 5.98. The van der Waals surface area contributed by atoms with Crippen LogP contribution in [0.4, 0.5) is 47.3 Å². The van der Waals surface area contributed by atoms with E-state index in [4.69, 9.17) is 19.8 Å². The fraction of sp³-hybridized carbons (Fsp3) is 0.333. The van der Waals surface area contributed by atoms with E-state index in [0.717, 1.165) is 49.9 Å². The van der Waals surface area contributed by atoms with E-state index >= 15 is 0 Å². The highest BCUT2D eigenvalue weighted by Gasteiger charge is 2.29. The predicted octanol–water partition coefficient (Wildman–Crippen LogP) is 0.431. The molecule has 0 aromatic heterocycles. The van der Waals surface area contributed by atoms with Crippen LogP contribution in [0.1, 0.15) is 57.5 Å². The molecule has 0 aliphatic heterocycles. The van der Waals surface area contributed by atoms with Gasteiger partial charge in [0.05, 0.1) is 13.1 Å². The lowest BCUT2D eigenvalue weighted by atomic mass is 10.1. The minimum Gasteiger partial charge on any atom is -0.542 e. The van der Waals surface area contributed by atoms with Crippen LogP contribution in [0.2, 0.25) is 0 Å². The topological polar surface area (TPSA) is 276 Å². The monoisotopic (exact) mass is 830 g/mol. The van der Waals surface area contributed by atoms with Crippen molar-refractivity contribution in [3.05, 3.63) is 95.1 Å². The van der Waals surface area contributed by atoms with Crippen molar-refractivity contribution in [2.45, 2.75) is 51.1 Å². The highest BCUT2D eigenvalue weighted by Crippen LogP contribution is 2.14. The van der Waals surface area contributed by atoms with Crippen LogP contribution in [-0.4, -0.2) is 74.3 Å². The Labute approximate surface area is 328 Å². The van der Waals surface area contributed by atoms with Gasteiger partial charge in [0, 0.05) is 48.7 Å². The van der Waals surface area contributed by atoms with Gasteiger partial charge in [0.2, 0.25) is 0 Å². The van der Waals surface area contributed by atoms with Gasteiger partial charge < -0.3 is 63.2 Å². The van der Waals surface area contributed by atoms with E-state index in [1.807, 2.05) is 24.3 Å². The van der Waals surface area contributed by atoms with Gasteiger partial charge in [-0.3, -0.25) is 9.59 Å². The van der Waals surface area contributed by atoms with E-state index in [9.17, 15) is 45.5 Å². The Morgan fingerprint density at radius 2 is 0.776 bits per heavy atom. The first kappa shape index (κ1) is 49.6. The second-order valence-electron chi connectivity index (χ2n) is 11.8. The fourth-order valence-corrected chi connectivity index (χ4v) is 4.11. The number of nitrogens with one attached hydrogen (secondary N) is 6. The number of benzene rings is 3. The van der Waals surface area contributed by atoms with Crippen molar-refractivity contribution in [1.82, 2.24) is 21.3 Å². The average molecular weight is 831 g/mol. The van der Waals surface area contributed by atoms with E-state index < -0.39 is 24.3 Å². The molecule has 0 unspecified atom stereocenters. The Morgan fingerprint density at radius 1 is 0.483 bits per heavy atom. The number of alkyl halides is 6. The molecule has 318 valence electrons. The van der Waals surface area contributed by atoms with Gasteiger partial charge >= 0.3 is 24.4 Å². The first-order valence-electron chi connectivity index (χ1n) is 17.4. The van der Waals surface area contributed by atoms with E-state index in [0.29, 0.717) is 48.7 Å². The summed E-state index contributed by atoms with van der Waals surface area (Å²) in [5.74, 6) is -6.54. The number of unbranched alkanes of at least 4 members (excludes halogenated alkanes) is 2. The Morgan fingerprint density at radius 3 is 1.03 bits per heavy atom. The van der Waals surface area contributed by atoms with Gasteiger partial charge in [0.1, 0.15) is 11.9 Å². The number of carboxylic acid groups (broad SMARTS) is 2. The summed E-state index contributed by atoms with van der Waals surface area (Å²) < 4.78 is 63.1. The minimum atomic E-state index is -5.19. The number of quaternary nitrogens is 2. The maximum atomic E-state index is 12.6. The largest absolute Gasteiger partial charge is 0.542 e. The summed E-state index contributed by atoms with van der Waals surface area (Å²) in [6.07, 6.45) is -6.67. The number of hydrogen-bond acceptors (Lipinski definition) is 8. The Kier molecular flexibility index (Phi) is 22.0. The van der Waals surface area contributed by atoms with Gasteiger partial charge in [-0.25, -0.2) is 9.59 Å². The fourth-order valence-electron chi connectivity index (χ4n) is 4.11. The third kappa shape index (κ3) is 21.6. The molecule has 3 rings (SSSR count). The van der Waals surface area contributed by atoms with E-state index in [2.05, 4.69) is 43.4 Å². The van der Waals surface area contributed by atoms with Crippen LogP contribution in [0.3, 0.4) is 0 Å². The van der Waals surface area contributed by atoms with Crippen molar-refractivity contribution < 1.29 is 76.8 Å². The van der Waals surface area contributed by atoms with Gasteiger partial charge in [-0.05, 0) is 85.3 Å². The second kappa shape index (κ2) is 25.7. The SMILES string of the molecule is O=C([O-])C(F)(F)F.O=C([O-])C(F)(F)F.[NH3+]CCCCNC(=O)Nc1ccc(CNC(=O)c2ccc(C(=O)NCc3ccc(NC(=O)NCCCC[NH3+])cc3)cc2)cc1. The lowest BCUT2D eigenvalue weighted by Crippen LogP contribution is -2.50. The quantitative estimate of drug-likeness (QED) is 0.0739. The number of anilines is 2. The van der Waals surface area contributed by atoms with Gasteiger partial charge in [0.25, 0.3) is 11.8 Å². The van der Waals surface area contributed by atoms with Crippen LogP contribution in [-0.2, 0) is 22.7 Å². The first-order chi connectivity index (χ1) is 27.3. The van der Waals surface area contributed by atoms with Crippen molar-refractivity contribution in [3.8, 4) is 0 Å². The van der Waals surface area contributed by atoms with Gasteiger partial charge in [0.15, 0.2) is 0 Å². The molecule has 0 aliphatic carbocycles. The van der Waals surface area contributed by atoms with Crippen LogP contribution in [0.5, 0.6) is 0 Å². The smallest absolute Gasteiger partial charge is 0.430 e. The molecule has 0 heterocycles. The summed E-state index contributed by atoms with van der Waals surface area (Å²) in [5, 5.41) is 34.5.